The van der Waals surface area contributed by atoms with Crippen LogP contribution in [0.15, 0.2) is 39.5 Å². The Hall–Kier alpha value is -1.91. The number of likely N-dealkylation sites (tertiary alicyclic amines) is 1. The molecule has 0 spiro atoms. The number of aryl methyl sites for hydroxylation is 1. The quantitative estimate of drug-likeness (QED) is 0.454. The summed E-state index contributed by atoms with van der Waals surface area (Å²) >= 11 is 8.03. The molecule has 1 saturated carbocycles. The average molecular weight is 567 g/mol. The molecule has 10 heteroatoms. The van der Waals surface area contributed by atoms with E-state index >= 15 is 0 Å². The number of carbonyl (C=O) groups excluding carboxylic acids is 1. The number of rotatable bonds is 5. The summed E-state index contributed by atoms with van der Waals surface area (Å²) in [6, 6.07) is 5.11. The second-order valence-corrected chi connectivity index (χ2v) is 10.8. The highest BCUT2D eigenvalue weighted by Gasteiger charge is 2.54. The van der Waals surface area contributed by atoms with Crippen LogP contribution in [0.2, 0.25) is 0 Å². The van der Waals surface area contributed by atoms with E-state index in [4.69, 9.17) is 0 Å². The van der Waals surface area contributed by atoms with Crippen LogP contribution in [0.4, 0.5) is 10.3 Å². The average Bonchev–Trinajstić information content (AvgIpc) is 3.24. The lowest BCUT2D eigenvalue weighted by atomic mass is 10.1. The van der Waals surface area contributed by atoms with Crippen molar-refractivity contribution in [3.8, 4) is 10.4 Å². The number of benzene rings is 1. The molecular weight excluding hydrogens is 549 g/mol. The van der Waals surface area contributed by atoms with Gasteiger partial charge in [-0.1, -0.05) is 6.07 Å². The van der Waals surface area contributed by atoms with Gasteiger partial charge in [-0.25, -0.2) is 19.3 Å². The van der Waals surface area contributed by atoms with Crippen molar-refractivity contribution in [3.63, 3.8) is 0 Å². The zero-order valence-corrected chi connectivity index (χ0v) is 20.5. The Morgan fingerprint density at radius 1 is 1.29 bits per heavy atom. The first kappa shape index (κ1) is 21.0. The van der Waals surface area contributed by atoms with Gasteiger partial charge >= 0.3 is 0 Å². The summed E-state index contributed by atoms with van der Waals surface area (Å²) in [5, 5.41) is 4.06. The van der Waals surface area contributed by atoms with Crippen LogP contribution in [0.3, 0.4) is 0 Å². The smallest absolute Gasteiger partial charge is 0.274 e. The predicted octanol–water partition coefficient (Wildman–Crippen LogP) is 5.29. The van der Waals surface area contributed by atoms with Crippen LogP contribution in [-0.4, -0.2) is 44.4 Å². The summed E-state index contributed by atoms with van der Waals surface area (Å²) in [6.45, 7) is 2.47. The number of nitrogens with one attached hydrogen (secondary N) is 1. The third kappa shape index (κ3) is 4.12. The lowest BCUT2D eigenvalue weighted by Gasteiger charge is -2.27. The number of amides is 1. The SMILES string of the molecule is Cc1nc(C(=O)N2[C@H](CNc3ncc(Br)cn3)C[C@@H]3C[C@@H]32)c(-c2ccc(F)c(Br)c2)s1. The predicted molar refractivity (Wildman–Crippen MR) is 125 cm³/mol. The minimum Gasteiger partial charge on any atom is -0.352 e. The third-order valence-electron chi connectivity index (χ3n) is 5.68. The van der Waals surface area contributed by atoms with Gasteiger partial charge in [0.2, 0.25) is 5.95 Å². The summed E-state index contributed by atoms with van der Waals surface area (Å²) < 4.78 is 14.9. The standard InChI is InChI=1S/C21H18Br2FN5OS/c1-10-28-18(19(31-10)11-2-3-16(24)15(23)5-11)20(30)29-14(4-12-6-17(12)29)9-27-21-25-7-13(22)8-26-21/h2-3,5,7-8,12,14,17H,4,6,9H2,1H3,(H,25,26,27)/t12-,14+,17+/m1/s1. The lowest BCUT2D eigenvalue weighted by molar-refractivity contribution is 0.0704. The minimum atomic E-state index is -0.334. The molecule has 1 N–H and O–H groups in total. The maximum atomic E-state index is 13.7. The molecule has 0 radical (unpaired) electrons. The van der Waals surface area contributed by atoms with Crippen LogP contribution in [0, 0.1) is 18.7 Å². The number of carbonyl (C=O) groups is 1. The Morgan fingerprint density at radius 2 is 2.06 bits per heavy atom. The van der Waals surface area contributed by atoms with E-state index in [1.54, 1.807) is 24.5 Å². The van der Waals surface area contributed by atoms with Gasteiger partial charge < -0.3 is 10.2 Å². The number of fused-ring (bicyclic) bond motifs is 1. The Bertz CT molecular complexity index is 1160. The van der Waals surface area contributed by atoms with E-state index in [9.17, 15) is 9.18 Å². The molecule has 1 aromatic carbocycles. The van der Waals surface area contributed by atoms with E-state index in [0.29, 0.717) is 28.6 Å². The molecule has 2 aliphatic rings. The highest BCUT2D eigenvalue weighted by atomic mass is 79.9. The maximum Gasteiger partial charge on any atom is 0.274 e. The zero-order chi connectivity index (χ0) is 21.7. The molecule has 31 heavy (non-hydrogen) atoms. The number of piperidine rings is 1. The summed E-state index contributed by atoms with van der Waals surface area (Å²) in [4.78, 5) is 29.5. The molecule has 1 aliphatic carbocycles. The van der Waals surface area contributed by atoms with Crippen LogP contribution >= 0.6 is 43.2 Å². The molecule has 2 fully saturated rings. The molecule has 1 aliphatic heterocycles. The van der Waals surface area contributed by atoms with Gasteiger partial charge in [0.25, 0.3) is 5.91 Å². The van der Waals surface area contributed by atoms with Crippen molar-refractivity contribution in [1.29, 1.82) is 0 Å². The van der Waals surface area contributed by atoms with Gasteiger partial charge in [0, 0.05) is 25.0 Å². The molecule has 3 heterocycles. The van der Waals surface area contributed by atoms with Crippen molar-refractivity contribution < 1.29 is 9.18 Å². The molecule has 160 valence electrons. The fourth-order valence-electron chi connectivity index (χ4n) is 4.20. The Labute approximate surface area is 199 Å². The van der Waals surface area contributed by atoms with Crippen molar-refractivity contribution in [2.24, 2.45) is 5.92 Å². The van der Waals surface area contributed by atoms with E-state index in [2.05, 4.69) is 52.1 Å². The lowest BCUT2D eigenvalue weighted by Crippen LogP contribution is -2.42. The van der Waals surface area contributed by atoms with Crippen LogP contribution in [0.25, 0.3) is 10.4 Å². The Morgan fingerprint density at radius 3 is 2.81 bits per heavy atom. The number of halogens is 3. The summed E-state index contributed by atoms with van der Waals surface area (Å²) in [6.07, 6.45) is 5.38. The van der Waals surface area contributed by atoms with Gasteiger partial charge in [0.15, 0.2) is 0 Å². The van der Waals surface area contributed by atoms with Crippen molar-refractivity contribution in [1.82, 2.24) is 19.9 Å². The molecule has 6 nitrogen and oxygen atoms in total. The fourth-order valence-corrected chi connectivity index (χ4v) is 5.69. The number of hydrogen-bond donors (Lipinski definition) is 1. The highest BCUT2D eigenvalue weighted by Crippen LogP contribution is 2.49. The zero-order valence-electron chi connectivity index (χ0n) is 16.5. The van der Waals surface area contributed by atoms with E-state index in [1.165, 1.54) is 17.4 Å². The van der Waals surface area contributed by atoms with Gasteiger partial charge in [-0.05, 0) is 75.2 Å². The molecule has 0 bridgehead atoms. The number of thiazole rings is 1. The van der Waals surface area contributed by atoms with Crippen molar-refractivity contribution in [2.45, 2.75) is 31.8 Å². The topological polar surface area (TPSA) is 71.0 Å². The van der Waals surface area contributed by atoms with Crippen LogP contribution in [0.1, 0.15) is 28.3 Å². The number of nitrogens with zero attached hydrogens (tertiary/aromatic N) is 4. The first-order chi connectivity index (χ1) is 14.9. The minimum absolute atomic E-state index is 0.0540. The fraction of sp³-hybridized carbons (Fsp3) is 0.333. The molecule has 1 amide bonds. The van der Waals surface area contributed by atoms with E-state index in [-0.39, 0.29) is 23.8 Å². The summed E-state index contributed by atoms with van der Waals surface area (Å²) in [5.41, 5.74) is 1.23. The maximum absolute atomic E-state index is 13.7. The van der Waals surface area contributed by atoms with E-state index in [1.807, 2.05) is 11.8 Å². The van der Waals surface area contributed by atoms with Crippen molar-refractivity contribution in [2.75, 3.05) is 11.9 Å². The second kappa shape index (κ2) is 8.22. The largest absolute Gasteiger partial charge is 0.352 e. The van der Waals surface area contributed by atoms with Gasteiger partial charge in [-0.2, -0.15) is 0 Å². The van der Waals surface area contributed by atoms with Crippen LogP contribution < -0.4 is 5.32 Å². The number of anilines is 1. The number of hydrogen-bond acceptors (Lipinski definition) is 6. The van der Waals surface area contributed by atoms with Gasteiger partial charge in [-0.3, -0.25) is 4.79 Å². The Kier molecular flexibility index (Phi) is 5.56. The van der Waals surface area contributed by atoms with Gasteiger partial charge in [-0.15, -0.1) is 11.3 Å². The van der Waals surface area contributed by atoms with E-state index < -0.39 is 0 Å². The number of aromatic nitrogens is 3. The first-order valence-corrected chi connectivity index (χ1v) is 12.3. The van der Waals surface area contributed by atoms with Crippen LogP contribution in [-0.2, 0) is 0 Å². The molecule has 5 rings (SSSR count). The van der Waals surface area contributed by atoms with E-state index in [0.717, 1.165) is 32.8 Å². The molecule has 3 atom stereocenters. The second-order valence-electron chi connectivity index (χ2n) is 7.81. The molecule has 2 aromatic heterocycles. The Balaban J connectivity index is 1.40. The summed E-state index contributed by atoms with van der Waals surface area (Å²) in [5.74, 6) is 0.690. The first-order valence-electron chi connectivity index (χ1n) is 9.87. The van der Waals surface area contributed by atoms with Gasteiger partial charge in [0.05, 0.1) is 24.9 Å². The molecule has 0 unspecified atom stereocenters. The molecule has 1 saturated heterocycles. The van der Waals surface area contributed by atoms with Crippen molar-refractivity contribution in [3.05, 3.63) is 56.1 Å². The molecule has 3 aromatic rings. The highest BCUT2D eigenvalue weighted by molar-refractivity contribution is 9.10. The van der Waals surface area contributed by atoms with Crippen LogP contribution in [0.5, 0.6) is 0 Å². The van der Waals surface area contributed by atoms with Crippen molar-refractivity contribution >= 4 is 55.1 Å². The molecular formula is C21H18Br2FN5OS. The van der Waals surface area contributed by atoms with Gasteiger partial charge in [0.1, 0.15) is 11.5 Å². The third-order valence-corrected chi connectivity index (χ3v) is 7.72. The normalized spacial score (nSPS) is 21.8. The monoisotopic (exact) mass is 565 g/mol. The summed E-state index contributed by atoms with van der Waals surface area (Å²) in [7, 11) is 0.